The van der Waals surface area contributed by atoms with Gasteiger partial charge in [-0.3, -0.25) is 4.79 Å². The van der Waals surface area contributed by atoms with Crippen LogP contribution in [-0.2, 0) is 20.2 Å². The maximum absolute atomic E-state index is 14.4. The average molecular weight is 633 g/mol. The first-order chi connectivity index (χ1) is 19.0. The van der Waals surface area contributed by atoms with E-state index < -0.39 is 60.3 Å². The second-order valence-corrected chi connectivity index (χ2v) is 8.64. The fourth-order valence-electron chi connectivity index (χ4n) is 3.10. The first-order valence-corrected chi connectivity index (χ1v) is 11.4. The Bertz CT molecular complexity index is 1220. The molecule has 0 radical (unpaired) electrons. The zero-order chi connectivity index (χ0) is 32.4. The van der Waals surface area contributed by atoms with E-state index in [0.717, 1.165) is 18.1 Å². The summed E-state index contributed by atoms with van der Waals surface area (Å²) >= 11 is 0. The van der Waals surface area contributed by atoms with Crippen LogP contribution in [0.5, 0.6) is 5.75 Å². The van der Waals surface area contributed by atoms with Crippen LogP contribution < -0.4 is 10.1 Å². The van der Waals surface area contributed by atoms with Crippen molar-refractivity contribution >= 4 is 11.6 Å². The molecule has 2 aromatic rings. The summed E-state index contributed by atoms with van der Waals surface area (Å²) in [5.41, 5.74) is -1.65. The van der Waals surface area contributed by atoms with Crippen molar-refractivity contribution < 1.29 is 76.1 Å². The first kappa shape index (κ1) is 34.9. The average Bonchev–Trinajstić information content (AvgIpc) is 2.85. The summed E-state index contributed by atoms with van der Waals surface area (Å²) in [7, 11) is 0. The molecule has 2 rings (SSSR count). The molecule has 0 saturated carbocycles. The predicted molar refractivity (Wildman–Crippen MR) is 118 cm³/mol. The molecule has 0 spiro atoms. The van der Waals surface area contributed by atoms with Crippen molar-refractivity contribution in [3.8, 4) is 5.75 Å². The van der Waals surface area contributed by atoms with Gasteiger partial charge in [0.2, 0.25) is 0 Å². The number of hydrogen-bond donors (Lipinski definition) is 1. The number of halogens is 13. The topological polar surface area (TPSA) is 56.8 Å². The number of rotatable bonds is 13. The Balaban J connectivity index is 2.17. The molecule has 1 amide bonds. The summed E-state index contributed by atoms with van der Waals surface area (Å²) in [6, 6.07) is 8.16. The third kappa shape index (κ3) is 7.96. The second-order valence-electron chi connectivity index (χ2n) is 8.64. The molecular formula is C24H20F13NO4. The molecule has 18 heteroatoms. The van der Waals surface area contributed by atoms with Gasteiger partial charge in [-0.25, -0.2) is 9.47 Å². The lowest BCUT2D eigenvalue weighted by atomic mass is 9.99. The van der Waals surface area contributed by atoms with Gasteiger partial charge in [-0.2, -0.15) is 43.9 Å². The predicted octanol–water partition coefficient (Wildman–Crippen LogP) is 8.28. The van der Waals surface area contributed by atoms with Crippen molar-refractivity contribution in [3.63, 3.8) is 0 Å². The highest BCUT2D eigenvalue weighted by atomic mass is 19.4. The number of ether oxygens (including phenoxy) is 3. The third-order valence-corrected chi connectivity index (χ3v) is 5.54. The van der Waals surface area contributed by atoms with E-state index in [-0.39, 0.29) is 23.8 Å². The lowest BCUT2D eigenvalue weighted by Gasteiger charge is -2.35. The zero-order valence-corrected chi connectivity index (χ0v) is 21.2. The van der Waals surface area contributed by atoms with Gasteiger partial charge in [-0.05, 0) is 42.2 Å². The highest BCUT2D eigenvalue weighted by Crippen LogP contribution is 2.54. The number of hydrogen-bond acceptors (Lipinski definition) is 4. The van der Waals surface area contributed by atoms with Gasteiger partial charge in [0.25, 0.3) is 5.91 Å². The van der Waals surface area contributed by atoms with E-state index in [9.17, 15) is 61.9 Å². The van der Waals surface area contributed by atoms with E-state index in [2.05, 4.69) is 0 Å². The molecule has 0 aliphatic rings. The molecule has 0 heterocycles. The first-order valence-electron chi connectivity index (χ1n) is 11.4. The van der Waals surface area contributed by atoms with Crippen LogP contribution in [-0.4, -0.2) is 43.1 Å². The van der Waals surface area contributed by atoms with Crippen molar-refractivity contribution in [2.75, 3.05) is 11.9 Å². The molecule has 0 aromatic heterocycles. The number of benzene rings is 2. The minimum atomic E-state index is -7.53. The molecule has 0 aliphatic carbocycles. The summed E-state index contributed by atoms with van der Waals surface area (Å²) in [4.78, 5) is 12.1. The summed E-state index contributed by atoms with van der Waals surface area (Å²) < 4.78 is 182. The quantitative estimate of drug-likeness (QED) is 0.226. The Labute approximate surface area is 228 Å². The molecule has 5 nitrogen and oxygen atoms in total. The Hall–Kier alpha value is -3.28. The molecule has 42 heavy (non-hydrogen) atoms. The Morgan fingerprint density at radius 1 is 0.786 bits per heavy atom. The van der Waals surface area contributed by atoms with Gasteiger partial charge in [0.15, 0.2) is 6.61 Å². The molecule has 236 valence electrons. The maximum atomic E-state index is 14.4. The monoisotopic (exact) mass is 633 g/mol. The molecular weight excluding hydrogens is 613 g/mol. The lowest BCUT2D eigenvalue weighted by Crippen LogP contribution is -2.61. The number of amides is 1. The Kier molecular flexibility index (Phi) is 10.1. The standard InChI is InChI=1S/C24H20F13NO4/c1-3-13(2)14-7-9-17(10-8-14)40-12-18(39)38-16-6-4-5-15(11-16)19(25,26)21(29,30)41-22(31,32)20(27,28)23(33,34)42-24(35,36)37/h4-11,13H,3,12H2,1-2H3,(H,38,39)/t13-/m0/s1. The molecule has 0 fully saturated rings. The number of alkyl halides is 13. The van der Waals surface area contributed by atoms with Crippen LogP contribution in [0, 0.1) is 0 Å². The van der Waals surface area contributed by atoms with Crippen molar-refractivity contribution in [2.24, 2.45) is 0 Å². The van der Waals surface area contributed by atoms with Gasteiger partial charge in [0, 0.05) is 11.3 Å². The van der Waals surface area contributed by atoms with E-state index in [1.807, 2.05) is 23.9 Å². The van der Waals surface area contributed by atoms with Crippen LogP contribution in [0.4, 0.5) is 62.8 Å². The van der Waals surface area contributed by atoms with E-state index in [1.54, 1.807) is 16.9 Å². The number of nitrogens with one attached hydrogen (secondary N) is 1. The summed E-state index contributed by atoms with van der Waals surface area (Å²) in [6.45, 7) is 3.21. The van der Waals surface area contributed by atoms with Crippen LogP contribution in [0.1, 0.15) is 37.3 Å². The lowest BCUT2D eigenvalue weighted by molar-refractivity contribution is -0.535. The van der Waals surface area contributed by atoms with Gasteiger partial charge in [0.1, 0.15) is 5.75 Å². The van der Waals surface area contributed by atoms with Crippen LogP contribution in [0.15, 0.2) is 48.5 Å². The minimum absolute atomic E-state index is 0.0771. The molecule has 0 bridgehead atoms. The van der Waals surface area contributed by atoms with Crippen LogP contribution in [0.2, 0.25) is 0 Å². The van der Waals surface area contributed by atoms with Crippen LogP contribution in [0.25, 0.3) is 0 Å². The molecule has 1 atom stereocenters. The Morgan fingerprint density at radius 2 is 1.33 bits per heavy atom. The summed E-state index contributed by atoms with van der Waals surface area (Å²) in [5.74, 6) is -14.1. The fraction of sp³-hybridized carbons (Fsp3) is 0.458. The van der Waals surface area contributed by atoms with Crippen molar-refractivity contribution in [3.05, 3.63) is 59.7 Å². The minimum Gasteiger partial charge on any atom is -0.484 e. The fourth-order valence-corrected chi connectivity index (χ4v) is 3.10. The van der Waals surface area contributed by atoms with E-state index in [4.69, 9.17) is 4.74 Å². The van der Waals surface area contributed by atoms with Crippen LogP contribution in [0.3, 0.4) is 0 Å². The molecule has 0 unspecified atom stereocenters. The van der Waals surface area contributed by atoms with Gasteiger partial charge >= 0.3 is 36.5 Å². The maximum Gasteiger partial charge on any atom is 0.527 e. The van der Waals surface area contributed by atoms with E-state index in [0.29, 0.717) is 6.07 Å². The Morgan fingerprint density at radius 3 is 1.86 bits per heavy atom. The smallest absolute Gasteiger partial charge is 0.484 e. The second kappa shape index (κ2) is 12.1. The van der Waals surface area contributed by atoms with Crippen molar-refractivity contribution in [1.82, 2.24) is 0 Å². The number of anilines is 1. The third-order valence-electron chi connectivity index (χ3n) is 5.54. The SMILES string of the molecule is CC[C@H](C)c1ccc(OCC(=O)Nc2cccc(C(F)(F)C(F)(F)OC(F)(F)C(F)(F)C(F)(F)OC(F)(F)F)c2)cc1. The van der Waals surface area contributed by atoms with Gasteiger partial charge in [-0.1, -0.05) is 38.1 Å². The molecule has 2 aromatic carbocycles. The van der Waals surface area contributed by atoms with E-state index in [1.165, 1.54) is 12.1 Å². The van der Waals surface area contributed by atoms with Gasteiger partial charge < -0.3 is 10.1 Å². The van der Waals surface area contributed by atoms with Crippen molar-refractivity contribution in [1.29, 1.82) is 0 Å². The normalized spacial score (nSPS) is 14.5. The van der Waals surface area contributed by atoms with E-state index >= 15 is 0 Å². The molecule has 1 N–H and O–H groups in total. The molecule has 0 saturated heterocycles. The summed E-state index contributed by atoms with van der Waals surface area (Å²) in [5, 5.41) is 1.96. The van der Waals surface area contributed by atoms with Gasteiger partial charge in [0.05, 0.1) is 0 Å². The number of carbonyl (C=O) groups is 1. The molecule has 0 aliphatic heterocycles. The largest absolute Gasteiger partial charge is 0.527 e. The van der Waals surface area contributed by atoms with Gasteiger partial charge in [-0.15, -0.1) is 13.2 Å². The highest BCUT2D eigenvalue weighted by Gasteiger charge is 2.80. The zero-order valence-electron chi connectivity index (χ0n) is 21.2. The highest BCUT2D eigenvalue weighted by molar-refractivity contribution is 5.92. The summed E-state index contributed by atoms with van der Waals surface area (Å²) in [6.07, 6.45) is -27.1. The van der Waals surface area contributed by atoms with Crippen LogP contribution >= 0.6 is 0 Å². The number of carbonyl (C=O) groups excluding carboxylic acids is 1. The van der Waals surface area contributed by atoms with Crippen molar-refractivity contribution in [2.45, 2.75) is 62.7 Å².